The first-order chi connectivity index (χ1) is 9.06. The van der Waals surface area contributed by atoms with E-state index in [1.807, 2.05) is 7.05 Å². The Hall–Kier alpha value is -1.35. The minimum absolute atomic E-state index is 0.221. The molecule has 0 saturated carbocycles. The van der Waals surface area contributed by atoms with Gasteiger partial charge in [0.25, 0.3) is 0 Å². The zero-order valence-electron chi connectivity index (χ0n) is 12.2. The fourth-order valence-electron chi connectivity index (χ4n) is 2.77. The SMILES string of the molecule is Cc1cc(C)cc(N(C)C(=O)CC2CCCNC2)c1. The van der Waals surface area contributed by atoms with E-state index in [-0.39, 0.29) is 5.91 Å². The van der Waals surface area contributed by atoms with Crippen LogP contribution in [0.15, 0.2) is 18.2 Å². The van der Waals surface area contributed by atoms with Gasteiger partial charge < -0.3 is 10.2 Å². The third-order valence-electron chi connectivity index (χ3n) is 3.83. The van der Waals surface area contributed by atoms with Gasteiger partial charge in [0.1, 0.15) is 0 Å². The minimum Gasteiger partial charge on any atom is -0.316 e. The predicted octanol–water partition coefficient (Wildman–Crippen LogP) is 2.66. The summed E-state index contributed by atoms with van der Waals surface area (Å²) in [5.74, 6) is 0.716. The number of nitrogens with zero attached hydrogens (tertiary/aromatic N) is 1. The summed E-state index contributed by atoms with van der Waals surface area (Å²) in [4.78, 5) is 14.1. The Morgan fingerprint density at radius 2 is 2.00 bits per heavy atom. The minimum atomic E-state index is 0.221. The molecular formula is C16H24N2O. The van der Waals surface area contributed by atoms with Gasteiger partial charge in [0, 0.05) is 19.2 Å². The molecule has 0 aliphatic carbocycles. The van der Waals surface area contributed by atoms with Crippen molar-refractivity contribution in [1.29, 1.82) is 0 Å². The molecule has 1 unspecified atom stereocenters. The Morgan fingerprint density at radius 3 is 2.58 bits per heavy atom. The van der Waals surface area contributed by atoms with Gasteiger partial charge in [0.2, 0.25) is 5.91 Å². The number of piperidine rings is 1. The zero-order chi connectivity index (χ0) is 13.8. The van der Waals surface area contributed by atoms with E-state index < -0.39 is 0 Å². The lowest BCUT2D eigenvalue weighted by molar-refractivity contribution is -0.119. The van der Waals surface area contributed by atoms with Crippen LogP contribution in [0.5, 0.6) is 0 Å². The highest BCUT2D eigenvalue weighted by Gasteiger charge is 2.19. The number of carbonyl (C=O) groups is 1. The number of nitrogens with one attached hydrogen (secondary N) is 1. The number of hydrogen-bond donors (Lipinski definition) is 1. The second-order valence-corrected chi connectivity index (χ2v) is 5.72. The molecular weight excluding hydrogens is 236 g/mol. The fourth-order valence-corrected chi connectivity index (χ4v) is 2.77. The van der Waals surface area contributed by atoms with Crippen LogP contribution in [0, 0.1) is 19.8 Å². The average molecular weight is 260 g/mol. The standard InChI is InChI=1S/C16H24N2O/c1-12-7-13(2)9-15(8-12)18(3)16(19)10-14-5-4-6-17-11-14/h7-9,14,17H,4-6,10-11H2,1-3H3. The van der Waals surface area contributed by atoms with E-state index in [0.29, 0.717) is 12.3 Å². The summed E-state index contributed by atoms with van der Waals surface area (Å²) in [6.07, 6.45) is 3.00. The predicted molar refractivity (Wildman–Crippen MR) is 79.5 cm³/mol. The van der Waals surface area contributed by atoms with Crippen LogP contribution in [0.1, 0.15) is 30.4 Å². The normalized spacial score (nSPS) is 19.2. The van der Waals surface area contributed by atoms with Gasteiger partial charge in [-0.05, 0) is 69.0 Å². The maximum absolute atomic E-state index is 12.3. The lowest BCUT2D eigenvalue weighted by atomic mass is 9.95. The highest BCUT2D eigenvalue weighted by molar-refractivity contribution is 5.93. The molecule has 1 aliphatic heterocycles. The number of aryl methyl sites for hydroxylation is 2. The van der Waals surface area contributed by atoms with Gasteiger partial charge in [-0.2, -0.15) is 0 Å². The molecule has 1 N–H and O–H groups in total. The van der Waals surface area contributed by atoms with Crippen LogP contribution in [-0.4, -0.2) is 26.0 Å². The molecule has 19 heavy (non-hydrogen) atoms. The molecule has 0 bridgehead atoms. The third kappa shape index (κ3) is 3.80. The van der Waals surface area contributed by atoms with E-state index in [2.05, 4.69) is 37.4 Å². The Kier molecular flexibility index (Phi) is 4.59. The van der Waals surface area contributed by atoms with Crippen LogP contribution in [0.3, 0.4) is 0 Å². The Bertz CT molecular complexity index is 430. The third-order valence-corrected chi connectivity index (χ3v) is 3.83. The van der Waals surface area contributed by atoms with Crippen LogP contribution >= 0.6 is 0 Å². The van der Waals surface area contributed by atoms with Crippen molar-refractivity contribution in [2.75, 3.05) is 25.0 Å². The molecule has 3 heteroatoms. The van der Waals surface area contributed by atoms with Crippen molar-refractivity contribution in [2.45, 2.75) is 33.1 Å². The number of rotatable bonds is 3. The number of amides is 1. The molecule has 1 fully saturated rings. The Balaban J connectivity index is 2.01. The maximum Gasteiger partial charge on any atom is 0.227 e. The van der Waals surface area contributed by atoms with Gasteiger partial charge in [-0.3, -0.25) is 4.79 Å². The first-order valence-corrected chi connectivity index (χ1v) is 7.12. The van der Waals surface area contributed by atoms with Crippen molar-refractivity contribution < 1.29 is 4.79 Å². The van der Waals surface area contributed by atoms with Gasteiger partial charge in [-0.1, -0.05) is 6.07 Å². The van der Waals surface area contributed by atoms with E-state index in [0.717, 1.165) is 18.8 Å². The van der Waals surface area contributed by atoms with Crippen LogP contribution in [-0.2, 0) is 4.79 Å². The molecule has 1 amide bonds. The summed E-state index contributed by atoms with van der Waals surface area (Å²) in [6, 6.07) is 6.28. The van der Waals surface area contributed by atoms with Crippen molar-refractivity contribution in [3.63, 3.8) is 0 Å². The highest BCUT2D eigenvalue weighted by atomic mass is 16.2. The van der Waals surface area contributed by atoms with E-state index in [4.69, 9.17) is 0 Å². The van der Waals surface area contributed by atoms with E-state index >= 15 is 0 Å². The van der Waals surface area contributed by atoms with Crippen LogP contribution in [0.4, 0.5) is 5.69 Å². The molecule has 104 valence electrons. The monoisotopic (exact) mass is 260 g/mol. The maximum atomic E-state index is 12.3. The molecule has 0 aromatic heterocycles. The van der Waals surface area contributed by atoms with Crippen molar-refractivity contribution in [1.82, 2.24) is 5.32 Å². The number of carbonyl (C=O) groups excluding carboxylic acids is 1. The average Bonchev–Trinajstić information content (AvgIpc) is 2.37. The van der Waals surface area contributed by atoms with E-state index in [9.17, 15) is 4.79 Å². The van der Waals surface area contributed by atoms with Gasteiger partial charge in [0.05, 0.1) is 0 Å². The smallest absolute Gasteiger partial charge is 0.227 e. The molecule has 1 atom stereocenters. The van der Waals surface area contributed by atoms with Crippen LogP contribution < -0.4 is 10.2 Å². The summed E-state index contributed by atoms with van der Waals surface area (Å²) in [5.41, 5.74) is 3.41. The molecule has 1 aliphatic rings. The molecule has 1 aromatic rings. The number of benzene rings is 1. The topological polar surface area (TPSA) is 32.3 Å². The van der Waals surface area contributed by atoms with Gasteiger partial charge >= 0.3 is 0 Å². The lowest BCUT2D eigenvalue weighted by Gasteiger charge is -2.25. The fraction of sp³-hybridized carbons (Fsp3) is 0.562. The summed E-state index contributed by atoms with van der Waals surface area (Å²) in [7, 11) is 1.88. The number of anilines is 1. The molecule has 1 aromatic carbocycles. The van der Waals surface area contributed by atoms with E-state index in [1.165, 1.54) is 24.0 Å². The van der Waals surface area contributed by atoms with Gasteiger partial charge in [0.15, 0.2) is 0 Å². The molecule has 1 heterocycles. The molecule has 3 nitrogen and oxygen atoms in total. The first kappa shape index (κ1) is 14.1. The first-order valence-electron chi connectivity index (χ1n) is 7.12. The van der Waals surface area contributed by atoms with Crippen molar-refractivity contribution in [2.24, 2.45) is 5.92 Å². The van der Waals surface area contributed by atoms with E-state index in [1.54, 1.807) is 4.90 Å². The van der Waals surface area contributed by atoms with Gasteiger partial charge in [-0.25, -0.2) is 0 Å². The highest BCUT2D eigenvalue weighted by Crippen LogP contribution is 2.21. The molecule has 2 rings (SSSR count). The summed E-state index contributed by atoms with van der Waals surface area (Å²) < 4.78 is 0. The largest absolute Gasteiger partial charge is 0.316 e. The second-order valence-electron chi connectivity index (χ2n) is 5.72. The summed E-state index contributed by atoms with van der Waals surface area (Å²) in [6.45, 7) is 6.21. The molecule has 1 saturated heterocycles. The van der Waals surface area contributed by atoms with Gasteiger partial charge in [-0.15, -0.1) is 0 Å². The molecule has 0 radical (unpaired) electrons. The zero-order valence-corrected chi connectivity index (χ0v) is 12.2. The number of hydrogen-bond acceptors (Lipinski definition) is 2. The summed E-state index contributed by atoms with van der Waals surface area (Å²) >= 11 is 0. The molecule has 0 spiro atoms. The van der Waals surface area contributed by atoms with Crippen molar-refractivity contribution >= 4 is 11.6 Å². The quantitative estimate of drug-likeness (QED) is 0.906. The Labute approximate surface area is 116 Å². The van der Waals surface area contributed by atoms with Crippen molar-refractivity contribution in [3.8, 4) is 0 Å². The second kappa shape index (κ2) is 6.20. The Morgan fingerprint density at radius 1 is 1.32 bits per heavy atom. The summed E-state index contributed by atoms with van der Waals surface area (Å²) in [5, 5.41) is 3.37. The van der Waals surface area contributed by atoms with Crippen LogP contribution in [0.2, 0.25) is 0 Å². The van der Waals surface area contributed by atoms with Crippen LogP contribution in [0.25, 0.3) is 0 Å². The lowest BCUT2D eigenvalue weighted by Crippen LogP contribution is -2.35. The van der Waals surface area contributed by atoms with Crippen molar-refractivity contribution in [3.05, 3.63) is 29.3 Å².